The highest BCUT2D eigenvalue weighted by atomic mass is 19.4. The lowest BCUT2D eigenvalue weighted by molar-refractivity contribution is -0.141. The Kier molecular flexibility index (Phi) is 5.11. The molecule has 1 aromatic carbocycles. The number of ether oxygens (including phenoxy) is 2. The summed E-state index contributed by atoms with van der Waals surface area (Å²) in [5, 5.41) is 3.47. The van der Waals surface area contributed by atoms with E-state index in [1.54, 1.807) is 12.1 Å². The van der Waals surface area contributed by atoms with Crippen LogP contribution in [0.15, 0.2) is 54.9 Å². The minimum atomic E-state index is -4.51. The van der Waals surface area contributed by atoms with Gasteiger partial charge in [-0.25, -0.2) is 9.48 Å². The predicted molar refractivity (Wildman–Crippen MR) is 88.5 cm³/mol. The Morgan fingerprint density at radius 3 is 2.52 bits per heavy atom. The topological polar surface area (TPSA) is 66.2 Å². The number of halogens is 3. The summed E-state index contributed by atoms with van der Waals surface area (Å²) >= 11 is 0. The first-order valence-electron chi connectivity index (χ1n) is 7.76. The number of hydrogen-bond acceptors (Lipinski definition) is 5. The molecule has 3 aromatic rings. The number of carbonyl (C=O) groups is 1. The SMILES string of the molecule is COc1ccnc(COC(=O)c2ccc(-n3ccc(C(F)(F)F)n3)cc2)c1. The molecule has 0 N–H and O–H groups in total. The van der Waals surface area contributed by atoms with Gasteiger partial charge in [-0.3, -0.25) is 4.98 Å². The Hall–Kier alpha value is -3.36. The third-order valence-electron chi connectivity index (χ3n) is 3.62. The van der Waals surface area contributed by atoms with Crippen LogP contribution in [0.4, 0.5) is 13.2 Å². The molecule has 0 atom stereocenters. The highest BCUT2D eigenvalue weighted by Gasteiger charge is 2.33. The third-order valence-corrected chi connectivity index (χ3v) is 3.62. The zero-order valence-electron chi connectivity index (χ0n) is 14.1. The molecule has 0 spiro atoms. The van der Waals surface area contributed by atoms with Crippen LogP contribution in [-0.4, -0.2) is 27.8 Å². The highest BCUT2D eigenvalue weighted by Crippen LogP contribution is 2.27. The number of esters is 1. The standard InChI is InChI=1S/C18H14F3N3O3/c1-26-15-6-8-22-13(10-15)11-27-17(25)12-2-4-14(5-3-12)24-9-7-16(23-24)18(19,20)21/h2-10H,11H2,1H3. The summed E-state index contributed by atoms with van der Waals surface area (Å²) in [4.78, 5) is 16.2. The number of carbonyl (C=O) groups excluding carboxylic acids is 1. The van der Waals surface area contributed by atoms with Gasteiger partial charge in [0.2, 0.25) is 0 Å². The van der Waals surface area contributed by atoms with Gasteiger partial charge in [-0.15, -0.1) is 0 Å². The largest absolute Gasteiger partial charge is 0.497 e. The van der Waals surface area contributed by atoms with Crippen LogP contribution in [0.1, 0.15) is 21.7 Å². The van der Waals surface area contributed by atoms with Crippen molar-refractivity contribution in [3.8, 4) is 11.4 Å². The van der Waals surface area contributed by atoms with Crippen LogP contribution in [-0.2, 0) is 17.5 Å². The molecule has 0 aliphatic carbocycles. The second-order valence-corrected chi connectivity index (χ2v) is 5.45. The van der Waals surface area contributed by atoms with Crippen LogP contribution in [0.25, 0.3) is 5.69 Å². The van der Waals surface area contributed by atoms with Gasteiger partial charge in [-0.2, -0.15) is 18.3 Å². The Morgan fingerprint density at radius 1 is 1.15 bits per heavy atom. The molecular formula is C18H14F3N3O3. The Labute approximate surface area is 152 Å². The van der Waals surface area contributed by atoms with Gasteiger partial charge in [0.05, 0.1) is 24.1 Å². The number of methoxy groups -OCH3 is 1. The van der Waals surface area contributed by atoms with Crippen molar-refractivity contribution in [2.75, 3.05) is 7.11 Å². The minimum absolute atomic E-state index is 0.0358. The summed E-state index contributed by atoms with van der Waals surface area (Å²) in [6.45, 7) is -0.0358. The molecule has 27 heavy (non-hydrogen) atoms. The summed E-state index contributed by atoms with van der Waals surface area (Å²) in [5.41, 5.74) is 0.175. The smallest absolute Gasteiger partial charge is 0.435 e. The maximum atomic E-state index is 12.6. The molecule has 3 rings (SSSR count). The first-order valence-corrected chi connectivity index (χ1v) is 7.76. The van der Waals surface area contributed by atoms with Crippen molar-refractivity contribution in [1.82, 2.24) is 14.8 Å². The number of alkyl halides is 3. The summed E-state index contributed by atoms with van der Waals surface area (Å²) in [5.74, 6) is 0.0143. The van der Waals surface area contributed by atoms with Crippen molar-refractivity contribution in [3.63, 3.8) is 0 Å². The lowest BCUT2D eigenvalue weighted by Gasteiger charge is -2.07. The zero-order chi connectivity index (χ0) is 19.4. The van der Waals surface area contributed by atoms with E-state index < -0.39 is 17.8 Å². The third kappa shape index (κ3) is 4.43. The fourth-order valence-corrected chi connectivity index (χ4v) is 2.25. The summed E-state index contributed by atoms with van der Waals surface area (Å²) in [6.07, 6.45) is -1.77. The van der Waals surface area contributed by atoms with Crippen LogP contribution in [0, 0.1) is 0 Å². The van der Waals surface area contributed by atoms with E-state index in [0.717, 1.165) is 10.7 Å². The van der Waals surface area contributed by atoms with E-state index in [9.17, 15) is 18.0 Å². The summed E-state index contributed by atoms with van der Waals surface area (Å²) in [7, 11) is 1.52. The molecule has 0 fully saturated rings. The number of pyridine rings is 1. The molecule has 0 radical (unpaired) electrons. The summed E-state index contributed by atoms with van der Waals surface area (Å²) < 4.78 is 49.2. The minimum Gasteiger partial charge on any atom is -0.497 e. The fraction of sp³-hybridized carbons (Fsp3) is 0.167. The van der Waals surface area contributed by atoms with Crippen molar-refractivity contribution in [1.29, 1.82) is 0 Å². The molecule has 0 aliphatic rings. The molecule has 0 aliphatic heterocycles. The predicted octanol–water partition coefficient (Wildman–Crippen LogP) is 3.65. The van der Waals surface area contributed by atoms with E-state index in [1.807, 2.05) is 0 Å². The van der Waals surface area contributed by atoms with Crippen molar-refractivity contribution in [2.45, 2.75) is 12.8 Å². The van der Waals surface area contributed by atoms with Gasteiger partial charge >= 0.3 is 12.1 Å². The van der Waals surface area contributed by atoms with Crippen molar-refractivity contribution in [2.24, 2.45) is 0 Å². The second kappa shape index (κ2) is 7.48. The van der Waals surface area contributed by atoms with Gasteiger partial charge in [0, 0.05) is 18.5 Å². The van der Waals surface area contributed by atoms with Gasteiger partial charge < -0.3 is 9.47 Å². The number of hydrogen-bond donors (Lipinski definition) is 0. The molecule has 0 amide bonds. The lowest BCUT2D eigenvalue weighted by Crippen LogP contribution is -2.08. The first-order chi connectivity index (χ1) is 12.9. The molecule has 0 saturated carbocycles. The van der Waals surface area contributed by atoms with E-state index in [4.69, 9.17) is 9.47 Å². The van der Waals surface area contributed by atoms with Crippen LogP contribution in [0.3, 0.4) is 0 Å². The maximum Gasteiger partial charge on any atom is 0.435 e. The highest BCUT2D eigenvalue weighted by molar-refractivity contribution is 5.89. The van der Waals surface area contributed by atoms with Crippen molar-refractivity contribution >= 4 is 5.97 Å². The number of aromatic nitrogens is 3. The van der Waals surface area contributed by atoms with Crippen LogP contribution < -0.4 is 4.74 Å². The van der Waals surface area contributed by atoms with Crippen molar-refractivity contribution in [3.05, 3.63) is 71.8 Å². The van der Waals surface area contributed by atoms with E-state index >= 15 is 0 Å². The lowest BCUT2D eigenvalue weighted by atomic mass is 10.2. The average Bonchev–Trinajstić information content (AvgIpc) is 3.17. The molecule has 9 heteroatoms. The van der Waals surface area contributed by atoms with Gasteiger partial charge in [-0.1, -0.05) is 0 Å². The molecule has 0 unspecified atom stereocenters. The fourth-order valence-electron chi connectivity index (χ4n) is 2.25. The number of nitrogens with zero attached hydrogens (tertiary/aromatic N) is 3. The van der Waals surface area contributed by atoms with Gasteiger partial charge in [0.25, 0.3) is 0 Å². The Morgan fingerprint density at radius 2 is 1.89 bits per heavy atom. The molecule has 2 aromatic heterocycles. The summed E-state index contributed by atoms with van der Waals surface area (Å²) in [6, 6.07) is 10.1. The van der Waals surface area contributed by atoms with E-state index in [0.29, 0.717) is 17.1 Å². The number of benzene rings is 1. The molecular weight excluding hydrogens is 363 g/mol. The van der Waals surface area contributed by atoms with E-state index in [-0.39, 0.29) is 12.2 Å². The van der Waals surface area contributed by atoms with E-state index in [1.165, 1.54) is 43.8 Å². The molecule has 0 bridgehead atoms. The average molecular weight is 377 g/mol. The van der Waals surface area contributed by atoms with Gasteiger partial charge in [-0.05, 0) is 36.4 Å². The zero-order valence-corrected chi connectivity index (χ0v) is 14.1. The quantitative estimate of drug-likeness (QED) is 0.635. The first kappa shape index (κ1) is 18.4. The normalized spacial score (nSPS) is 11.3. The molecule has 6 nitrogen and oxygen atoms in total. The number of rotatable bonds is 5. The van der Waals surface area contributed by atoms with Crippen LogP contribution in [0.5, 0.6) is 5.75 Å². The monoisotopic (exact) mass is 377 g/mol. The van der Waals surface area contributed by atoms with Crippen molar-refractivity contribution < 1.29 is 27.4 Å². The van der Waals surface area contributed by atoms with Gasteiger partial charge in [0.15, 0.2) is 5.69 Å². The van der Waals surface area contributed by atoms with Gasteiger partial charge in [0.1, 0.15) is 12.4 Å². The molecule has 2 heterocycles. The van der Waals surface area contributed by atoms with Crippen LogP contribution >= 0.6 is 0 Å². The van der Waals surface area contributed by atoms with Crippen LogP contribution in [0.2, 0.25) is 0 Å². The second-order valence-electron chi connectivity index (χ2n) is 5.45. The Balaban J connectivity index is 1.66. The van der Waals surface area contributed by atoms with E-state index in [2.05, 4.69) is 10.1 Å². The maximum absolute atomic E-state index is 12.6. The molecule has 140 valence electrons. The Bertz CT molecular complexity index is 937. The molecule has 0 saturated heterocycles.